The second kappa shape index (κ2) is 6.75. The molecule has 1 N–H and O–H groups in total. The van der Waals surface area contributed by atoms with Crippen molar-refractivity contribution in [3.63, 3.8) is 0 Å². The first-order valence-corrected chi connectivity index (χ1v) is 9.17. The predicted molar refractivity (Wildman–Crippen MR) is 84.6 cm³/mol. The van der Waals surface area contributed by atoms with E-state index in [0.29, 0.717) is 22.0 Å². The molecule has 0 unspecified atom stereocenters. The Morgan fingerprint density at radius 3 is 2.65 bits per heavy atom. The molecule has 0 bridgehead atoms. The number of nitrogens with zero attached hydrogens (tertiary/aromatic N) is 1. The highest BCUT2D eigenvalue weighted by atomic mass is 79.9. The van der Waals surface area contributed by atoms with E-state index < -0.39 is 10.0 Å². The molecule has 1 aliphatic heterocycles. The van der Waals surface area contributed by atoms with E-state index >= 15 is 0 Å². The van der Waals surface area contributed by atoms with E-state index in [2.05, 4.69) is 32.6 Å². The lowest BCUT2D eigenvalue weighted by atomic mass is 9.98. The fraction of sp³-hybridized carbons (Fsp3) is 0.538. The van der Waals surface area contributed by atoms with Gasteiger partial charge >= 0.3 is 0 Å². The minimum absolute atomic E-state index is 0.238. The van der Waals surface area contributed by atoms with Gasteiger partial charge in [0.1, 0.15) is 0 Å². The zero-order valence-electron chi connectivity index (χ0n) is 11.3. The third kappa shape index (κ3) is 4.18. The van der Waals surface area contributed by atoms with Crippen LogP contribution in [-0.2, 0) is 10.0 Å². The highest BCUT2D eigenvalue weighted by molar-refractivity contribution is 9.10. The van der Waals surface area contributed by atoms with Crippen molar-refractivity contribution in [1.82, 2.24) is 9.62 Å². The standard InChI is InChI=1S/C13H18BrClN2O2S/c1-17-6-4-10(5-7-17)9-16-20(18,19)11-2-3-13(15)12(14)8-11/h2-3,8,10,16H,4-7,9H2,1H3. The zero-order valence-corrected chi connectivity index (χ0v) is 14.4. The van der Waals surface area contributed by atoms with Crippen molar-refractivity contribution in [2.24, 2.45) is 5.92 Å². The molecule has 1 aromatic carbocycles. The number of rotatable bonds is 4. The fourth-order valence-corrected chi connectivity index (χ4v) is 4.01. The minimum Gasteiger partial charge on any atom is -0.306 e. The molecule has 0 aliphatic carbocycles. The van der Waals surface area contributed by atoms with Crippen LogP contribution in [0.25, 0.3) is 0 Å². The third-order valence-corrected chi connectivity index (χ3v) is 6.24. The number of nitrogens with one attached hydrogen (secondary N) is 1. The van der Waals surface area contributed by atoms with Gasteiger partial charge in [0.15, 0.2) is 0 Å². The monoisotopic (exact) mass is 380 g/mol. The number of halogens is 2. The van der Waals surface area contributed by atoms with Gasteiger partial charge in [-0.2, -0.15) is 0 Å². The number of sulfonamides is 1. The van der Waals surface area contributed by atoms with Gasteiger partial charge < -0.3 is 4.90 Å². The van der Waals surface area contributed by atoms with E-state index in [1.807, 2.05) is 0 Å². The van der Waals surface area contributed by atoms with Crippen LogP contribution < -0.4 is 4.72 Å². The van der Waals surface area contributed by atoms with E-state index in [0.717, 1.165) is 25.9 Å². The van der Waals surface area contributed by atoms with Crippen molar-refractivity contribution < 1.29 is 8.42 Å². The van der Waals surface area contributed by atoms with Crippen LogP contribution in [0.3, 0.4) is 0 Å². The second-order valence-corrected chi connectivity index (χ2v) is 8.20. The predicted octanol–water partition coefficient (Wildman–Crippen LogP) is 2.72. The molecule has 1 heterocycles. The summed E-state index contributed by atoms with van der Waals surface area (Å²) in [5, 5.41) is 0.499. The highest BCUT2D eigenvalue weighted by Gasteiger charge is 2.20. The van der Waals surface area contributed by atoms with Crippen LogP contribution in [0.4, 0.5) is 0 Å². The first kappa shape index (κ1) is 16.2. The first-order chi connectivity index (χ1) is 9.38. The second-order valence-electron chi connectivity index (χ2n) is 5.17. The minimum atomic E-state index is -3.46. The molecule has 2 rings (SSSR count). The molecule has 4 nitrogen and oxygen atoms in total. The van der Waals surface area contributed by atoms with E-state index in [4.69, 9.17) is 11.6 Å². The van der Waals surface area contributed by atoms with Crippen LogP contribution in [-0.4, -0.2) is 40.0 Å². The summed E-state index contributed by atoms with van der Waals surface area (Å²) in [6.45, 7) is 2.55. The van der Waals surface area contributed by atoms with E-state index in [-0.39, 0.29) is 4.90 Å². The summed E-state index contributed by atoms with van der Waals surface area (Å²) in [6, 6.07) is 4.62. The van der Waals surface area contributed by atoms with Crippen molar-refractivity contribution in [2.45, 2.75) is 17.7 Å². The maximum atomic E-state index is 12.2. The van der Waals surface area contributed by atoms with Gasteiger partial charge in [-0.3, -0.25) is 0 Å². The molecule has 20 heavy (non-hydrogen) atoms. The Morgan fingerprint density at radius 2 is 2.05 bits per heavy atom. The molecule has 7 heteroatoms. The number of hydrogen-bond acceptors (Lipinski definition) is 3. The Kier molecular flexibility index (Phi) is 5.48. The maximum Gasteiger partial charge on any atom is 0.240 e. The average molecular weight is 382 g/mol. The maximum absolute atomic E-state index is 12.2. The van der Waals surface area contributed by atoms with Crippen LogP contribution in [0.15, 0.2) is 27.6 Å². The summed E-state index contributed by atoms with van der Waals surface area (Å²) < 4.78 is 27.7. The summed E-state index contributed by atoms with van der Waals surface area (Å²) in [7, 11) is -1.38. The van der Waals surface area contributed by atoms with Gasteiger partial charge in [-0.15, -0.1) is 0 Å². The molecule has 0 atom stereocenters. The lowest BCUT2D eigenvalue weighted by Gasteiger charge is -2.28. The summed E-state index contributed by atoms with van der Waals surface area (Å²) in [5.74, 6) is 0.414. The van der Waals surface area contributed by atoms with E-state index in [1.165, 1.54) is 12.1 Å². The molecule has 0 spiro atoms. The zero-order chi connectivity index (χ0) is 14.8. The van der Waals surface area contributed by atoms with Gasteiger partial charge in [0.05, 0.1) is 9.92 Å². The molecule has 1 aliphatic rings. The Morgan fingerprint density at radius 1 is 1.40 bits per heavy atom. The average Bonchev–Trinajstić information content (AvgIpc) is 2.41. The quantitative estimate of drug-likeness (QED) is 0.872. The fourth-order valence-electron chi connectivity index (χ4n) is 2.22. The lowest BCUT2D eigenvalue weighted by Crippen LogP contribution is -2.36. The Labute approximate surface area is 133 Å². The largest absolute Gasteiger partial charge is 0.306 e. The summed E-state index contributed by atoms with van der Waals surface area (Å²) in [6.07, 6.45) is 2.06. The Bertz CT molecular complexity index is 572. The molecule has 0 amide bonds. The van der Waals surface area contributed by atoms with Crippen LogP contribution in [0.5, 0.6) is 0 Å². The molecule has 0 radical (unpaired) electrons. The first-order valence-electron chi connectivity index (χ1n) is 6.52. The number of piperidine rings is 1. The van der Waals surface area contributed by atoms with Gasteiger partial charge in [-0.25, -0.2) is 13.1 Å². The van der Waals surface area contributed by atoms with Crippen molar-refractivity contribution in [2.75, 3.05) is 26.7 Å². The van der Waals surface area contributed by atoms with Crippen LogP contribution >= 0.6 is 27.5 Å². The molecule has 1 saturated heterocycles. The molecular formula is C13H18BrClN2O2S. The molecule has 112 valence electrons. The lowest BCUT2D eigenvalue weighted by molar-refractivity contribution is 0.220. The van der Waals surface area contributed by atoms with Gasteiger partial charge in [0.2, 0.25) is 10.0 Å². The molecule has 1 aromatic rings. The smallest absolute Gasteiger partial charge is 0.240 e. The summed E-state index contributed by atoms with van der Waals surface area (Å²) >= 11 is 9.12. The number of likely N-dealkylation sites (tertiary alicyclic amines) is 1. The van der Waals surface area contributed by atoms with E-state index in [9.17, 15) is 8.42 Å². The highest BCUT2D eigenvalue weighted by Crippen LogP contribution is 2.25. The Balaban J connectivity index is 1.98. The van der Waals surface area contributed by atoms with Gasteiger partial charge in [0.25, 0.3) is 0 Å². The molecule has 1 fully saturated rings. The van der Waals surface area contributed by atoms with Crippen molar-refractivity contribution in [3.05, 3.63) is 27.7 Å². The van der Waals surface area contributed by atoms with E-state index in [1.54, 1.807) is 6.07 Å². The van der Waals surface area contributed by atoms with Gasteiger partial charge in [0, 0.05) is 11.0 Å². The van der Waals surface area contributed by atoms with Crippen molar-refractivity contribution in [1.29, 1.82) is 0 Å². The van der Waals surface area contributed by atoms with Crippen molar-refractivity contribution >= 4 is 37.6 Å². The summed E-state index contributed by atoms with van der Waals surface area (Å²) in [4.78, 5) is 2.50. The number of hydrogen-bond donors (Lipinski definition) is 1. The Hall–Kier alpha value is -0.140. The van der Waals surface area contributed by atoms with Crippen LogP contribution in [0.1, 0.15) is 12.8 Å². The normalized spacial score (nSPS) is 18.4. The van der Waals surface area contributed by atoms with Gasteiger partial charge in [-0.1, -0.05) is 11.6 Å². The molecular weight excluding hydrogens is 364 g/mol. The molecule has 0 saturated carbocycles. The van der Waals surface area contributed by atoms with Crippen LogP contribution in [0, 0.1) is 5.92 Å². The van der Waals surface area contributed by atoms with Crippen LogP contribution in [0.2, 0.25) is 5.02 Å². The topological polar surface area (TPSA) is 49.4 Å². The molecule has 0 aromatic heterocycles. The van der Waals surface area contributed by atoms with Crippen molar-refractivity contribution in [3.8, 4) is 0 Å². The number of benzene rings is 1. The van der Waals surface area contributed by atoms with Gasteiger partial charge in [-0.05, 0) is 73.0 Å². The summed E-state index contributed by atoms with van der Waals surface area (Å²) in [5.41, 5.74) is 0. The SMILES string of the molecule is CN1CCC(CNS(=O)(=O)c2ccc(Cl)c(Br)c2)CC1. The third-order valence-electron chi connectivity index (χ3n) is 3.60.